The van der Waals surface area contributed by atoms with Crippen molar-refractivity contribution in [1.29, 1.82) is 0 Å². The van der Waals surface area contributed by atoms with Gasteiger partial charge in [-0.05, 0) is 30.7 Å². The number of hydrogen-bond donors (Lipinski definition) is 1. The Morgan fingerprint density at radius 1 is 1.21 bits per heavy atom. The first-order chi connectivity index (χ1) is 6.64. The molecule has 2 heteroatoms. The van der Waals surface area contributed by atoms with Crippen molar-refractivity contribution in [1.82, 2.24) is 5.32 Å². The van der Waals surface area contributed by atoms with Crippen LogP contribution in [-0.4, -0.2) is 19.0 Å². The van der Waals surface area contributed by atoms with E-state index in [0.717, 1.165) is 18.3 Å². The average Bonchev–Trinajstić information content (AvgIpc) is 2.19. The summed E-state index contributed by atoms with van der Waals surface area (Å²) in [7, 11) is 0. The summed E-state index contributed by atoms with van der Waals surface area (Å²) >= 11 is 5.87. The van der Waals surface area contributed by atoms with Gasteiger partial charge in [-0.2, -0.15) is 0 Å². The maximum Gasteiger partial charge on any atom is 0.0286 e. The maximum atomic E-state index is 5.87. The van der Waals surface area contributed by atoms with Crippen LogP contribution in [0.5, 0.6) is 0 Å². The Hall–Kier alpha value is 0.250. The van der Waals surface area contributed by atoms with Gasteiger partial charge in [-0.15, -0.1) is 11.6 Å². The van der Waals surface area contributed by atoms with Crippen molar-refractivity contribution < 1.29 is 0 Å². The third kappa shape index (κ3) is 4.65. The van der Waals surface area contributed by atoms with E-state index < -0.39 is 0 Å². The summed E-state index contributed by atoms with van der Waals surface area (Å²) in [5, 5.41) is 3.56. The highest BCUT2D eigenvalue weighted by Crippen LogP contribution is 2.23. The topological polar surface area (TPSA) is 12.0 Å². The normalized spacial score (nSPS) is 19.9. The Balaban J connectivity index is 2.08. The maximum absolute atomic E-state index is 5.87. The first-order valence-electron chi connectivity index (χ1n) is 5.91. The SMILES string of the molecule is CC(C)(CCl)CNCC1CCCCC1. The molecule has 0 aliphatic heterocycles. The first kappa shape index (κ1) is 12.3. The minimum absolute atomic E-state index is 0.246. The minimum atomic E-state index is 0.246. The lowest BCUT2D eigenvalue weighted by Gasteiger charge is -2.26. The standard InChI is InChI=1S/C12H24ClN/c1-12(2,9-13)10-14-8-11-6-4-3-5-7-11/h11,14H,3-10H2,1-2H3. The highest BCUT2D eigenvalue weighted by Gasteiger charge is 2.17. The fraction of sp³-hybridized carbons (Fsp3) is 1.00. The Bertz CT molecular complexity index is 150. The van der Waals surface area contributed by atoms with Crippen molar-refractivity contribution in [2.75, 3.05) is 19.0 Å². The van der Waals surface area contributed by atoms with Crippen LogP contribution in [0, 0.1) is 11.3 Å². The molecule has 1 aliphatic rings. The van der Waals surface area contributed by atoms with E-state index in [1.54, 1.807) is 0 Å². The summed E-state index contributed by atoms with van der Waals surface area (Å²) < 4.78 is 0. The van der Waals surface area contributed by atoms with Gasteiger partial charge in [-0.1, -0.05) is 33.1 Å². The molecule has 1 nitrogen and oxygen atoms in total. The van der Waals surface area contributed by atoms with Gasteiger partial charge in [0.05, 0.1) is 0 Å². The second kappa shape index (κ2) is 5.97. The Morgan fingerprint density at radius 3 is 2.43 bits per heavy atom. The summed E-state index contributed by atoms with van der Waals surface area (Å²) in [6.45, 7) is 6.68. The lowest BCUT2D eigenvalue weighted by Crippen LogP contribution is -2.34. The van der Waals surface area contributed by atoms with Crippen LogP contribution in [0.1, 0.15) is 46.0 Å². The number of halogens is 1. The average molecular weight is 218 g/mol. The van der Waals surface area contributed by atoms with Crippen LogP contribution in [0.4, 0.5) is 0 Å². The summed E-state index contributed by atoms with van der Waals surface area (Å²) in [5.74, 6) is 1.67. The lowest BCUT2D eigenvalue weighted by molar-refractivity contribution is 0.313. The van der Waals surface area contributed by atoms with E-state index >= 15 is 0 Å². The molecule has 1 saturated carbocycles. The van der Waals surface area contributed by atoms with Crippen LogP contribution >= 0.6 is 11.6 Å². The number of nitrogens with one attached hydrogen (secondary N) is 1. The molecule has 0 aromatic carbocycles. The van der Waals surface area contributed by atoms with Crippen molar-refractivity contribution in [3.63, 3.8) is 0 Å². The molecule has 0 aromatic heterocycles. The molecule has 0 unspecified atom stereocenters. The summed E-state index contributed by atoms with van der Waals surface area (Å²) in [6.07, 6.45) is 7.17. The molecule has 0 aromatic rings. The molecule has 0 atom stereocenters. The first-order valence-corrected chi connectivity index (χ1v) is 6.44. The van der Waals surface area contributed by atoms with Crippen molar-refractivity contribution in [3.8, 4) is 0 Å². The number of hydrogen-bond acceptors (Lipinski definition) is 1. The molecular weight excluding hydrogens is 194 g/mol. The van der Waals surface area contributed by atoms with Crippen molar-refractivity contribution in [2.24, 2.45) is 11.3 Å². The molecule has 0 heterocycles. The van der Waals surface area contributed by atoms with Gasteiger partial charge in [0.15, 0.2) is 0 Å². The van der Waals surface area contributed by atoms with Gasteiger partial charge in [0.1, 0.15) is 0 Å². The van der Waals surface area contributed by atoms with Crippen LogP contribution in [0.15, 0.2) is 0 Å². The second-order valence-corrected chi connectivity index (χ2v) is 5.70. The molecule has 14 heavy (non-hydrogen) atoms. The highest BCUT2D eigenvalue weighted by atomic mass is 35.5. The van der Waals surface area contributed by atoms with Gasteiger partial charge in [0, 0.05) is 12.4 Å². The largest absolute Gasteiger partial charge is 0.316 e. The third-order valence-corrected chi connectivity index (χ3v) is 3.85. The predicted molar refractivity (Wildman–Crippen MR) is 63.9 cm³/mol. The van der Waals surface area contributed by atoms with E-state index in [4.69, 9.17) is 11.6 Å². The van der Waals surface area contributed by atoms with E-state index in [1.807, 2.05) is 0 Å². The molecule has 1 rings (SSSR count). The van der Waals surface area contributed by atoms with Gasteiger partial charge in [0.2, 0.25) is 0 Å². The number of rotatable bonds is 5. The molecule has 0 amide bonds. The Kier molecular flexibility index (Phi) is 5.25. The lowest BCUT2D eigenvalue weighted by atomic mass is 9.89. The van der Waals surface area contributed by atoms with Crippen LogP contribution in [0.3, 0.4) is 0 Å². The van der Waals surface area contributed by atoms with Crippen molar-refractivity contribution in [2.45, 2.75) is 46.0 Å². The Morgan fingerprint density at radius 2 is 1.86 bits per heavy atom. The van der Waals surface area contributed by atoms with E-state index in [0.29, 0.717) is 0 Å². The van der Waals surface area contributed by atoms with Gasteiger partial charge in [-0.25, -0.2) is 0 Å². The molecule has 0 spiro atoms. The molecule has 84 valence electrons. The molecule has 1 fully saturated rings. The zero-order chi connectivity index (χ0) is 10.4. The molecule has 0 saturated heterocycles. The summed E-state index contributed by atoms with van der Waals surface area (Å²) in [6, 6.07) is 0. The zero-order valence-electron chi connectivity index (χ0n) is 9.61. The third-order valence-electron chi connectivity index (χ3n) is 3.12. The van der Waals surface area contributed by atoms with E-state index in [2.05, 4.69) is 19.2 Å². The summed E-state index contributed by atoms with van der Waals surface area (Å²) in [5.41, 5.74) is 0.246. The molecule has 0 radical (unpaired) electrons. The fourth-order valence-corrected chi connectivity index (χ4v) is 2.15. The van der Waals surface area contributed by atoms with Crippen LogP contribution in [0.2, 0.25) is 0 Å². The van der Waals surface area contributed by atoms with Gasteiger partial charge >= 0.3 is 0 Å². The van der Waals surface area contributed by atoms with Crippen molar-refractivity contribution >= 4 is 11.6 Å². The van der Waals surface area contributed by atoms with E-state index in [9.17, 15) is 0 Å². The molecular formula is C12H24ClN. The van der Waals surface area contributed by atoms with Crippen LogP contribution < -0.4 is 5.32 Å². The Labute approximate surface area is 93.6 Å². The molecule has 1 N–H and O–H groups in total. The van der Waals surface area contributed by atoms with Gasteiger partial charge < -0.3 is 5.32 Å². The van der Waals surface area contributed by atoms with E-state index in [1.165, 1.54) is 38.6 Å². The number of alkyl halides is 1. The molecule has 1 aliphatic carbocycles. The van der Waals surface area contributed by atoms with Crippen LogP contribution in [-0.2, 0) is 0 Å². The van der Waals surface area contributed by atoms with Gasteiger partial charge in [0.25, 0.3) is 0 Å². The van der Waals surface area contributed by atoms with E-state index in [-0.39, 0.29) is 5.41 Å². The van der Waals surface area contributed by atoms with Crippen LogP contribution in [0.25, 0.3) is 0 Å². The monoisotopic (exact) mass is 217 g/mol. The van der Waals surface area contributed by atoms with Gasteiger partial charge in [-0.3, -0.25) is 0 Å². The zero-order valence-corrected chi connectivity index (χ0v) is 10.4. The second-order valence-electron chi connectivity index (χ2n) is 5.43. The minimum Gasteiger partial charge on any atom is -0.316 e. The highest BCUT2D eigenvalue weighted by molar-refractivity contribution is 6.18. The predicted octanol–water partition coefficient (Wildman–Crippen LogP) is 3.42. The summed E-state index contributed by atoms with van der Waals surface area (Å²) in [4.78, 5) is 0. The smallest absolute Gasteiger partial charge is 0.0286 e. The quantitative estimate of drug-likeness (QED) is 0.696. The molecule has 0 bridgehead atoms. The fourth-order valence-electron chi connectivity index (χ4n) is 2.05. The van der Waals surface area contributed by atoms with Crippen molar-refractivity contribution in [3.05, 3.63) is 0 Å².